The average Bonchev–Trinajstić information content (AvgIpc) is 2.52. The molecule has 5 heteroatoms. The van der Waals surface area contributed by atoms with Crippen LogP contribution in [0.2, 0.25) is 0 Å². The molecular formula is C15H22N2O3. The molecular weight excluding hydrogens is 256 g/mol. The summed E-state index contributed by atoms with van der Waals surface area (Å²) < 4.78 is 5.49. The summed E-state index contributed by atoms with van der Waals surface area (Å²) in [5.41, 5.74) is 0.960. The Morgan fingerprint density at radius 3 is 2.85 bits per heavy atom. The number of piperidine rings is 1. The van der Waals surface area contributed by atoms with Gasteiger partial charge in [0.1, 0.15) is 0 Å². The number of nitrogens with zero attached hydrogens (tertiary/aromatic N) is 2. The molecule has 0 saturated carbocycles. The number of pyridine rings is 1. The summed E-state index contributed by atoms with van der Waals surface area (Å²) in [6, 6.07) is 5.77. The Morgan fingerprint density at radius 2 is 2.20 bits per heavy atom. The minimum Gasteiger partial charge on any atom is -0.394 e. The van der Waals surface area contributed by atoms with E-state index in [2.05, 4.69) is 4.98 Å². The van der Waals surface area contributed by atoms with E-state index in [4.69, 9.17) is 9.84 Å². The van der Waals surface area contributed by atoms with Gasteiger partial charge in [0.2, 0.25) is 5.91 Å². The van der Waals surface area contributed by atoms with E-state index in [1.807, 2.05) is 23.1 Å². The van der Waals surface area contributed by atoms with Crippen LogP contribution in [0.5, 0.6) is 0 Å². The number of aromatic nitrogens is 1. The van der Waals surface area contributed by atoms with Crippen LogP contribution in [0.4, 0.5) is 0 Å². The summed E-state index contributed by atoms with van der Waals surface area (Å²) in [7, 11) is 0. The smallest absolute Gasteiger partial charge is 0.222 e. The van der Waals surface area contributed by atoms with Gasteiger partial charge in [0, 0.05) is 31.4 Å². The van der Waals surface area contributed by atoms with Gasteiger partial charge in [-0.15, -0.1) is 0 Å². The van der Waals surface area contributed by atoms with Crippen LogP contribution in [-0.2, 0) is 16.0 Å². The highest BCUT2D eigenvalue weighted by molar-refractivity contribution is 5.76. The van der Waals surface area contributed by atoms with Crippen molar-refractivity contribution >= 4 is 5.91 Å². The Kier molecular flexibility index (Phi) is 5.95. The lowest BCUT2D eigenvalue weighted by Crippen LogP contribution is -2.41. The largest absolute Gasteiger partial charge is 0.394 e. The van der Waals surface area contributed by atoms with E-state index in [1.165, 1.54) is 0 Å². The number of aryl methyl sites for hydroxylation is 1. The van der Waals surface area contributed by atoms with Gasteiger partial charge in [-0.1, -0.05) is 6.07 Å². The first-order valence-corrected chi connectivity index (χ1v) is 7.19. The number of aliphatic hydroxyl groups excluding tert-OH is 1. The first-order chi connectivity index (χ1) is 9.79. The second-order valence-electron chi connectivity index (χ2n) is 5.00. The van der Waals surface area contributed by atoms with E-state index in [-0.39, 0.29) is 18.6 Å². The Labute approximate surface area is 119 Å². The molecule has 1 N–H and O–H groups in total. The number of carbonyl (C=O) groups excluding carboxylic acids is 1. The van der Waals surface area contributed by atoms with Crippen molar-refractivity contribution in [2.75, 3.05) is 26.3 Å². The van der Waals surface area contributed by atoms with E-state index in [1.54, 1.807) is 6.20 Å². The molecule has 5 nitrogen and oxygen atoms in total. The monoisotopic (exact) mass is 278 g/mol. The van der Waals surface area contributed by atoms with Crippen LogP contribution in [-0.4, -0.2) is 53.3 Å². The standard InChI is InChI=1S/C15H22N2O3/c18-11-12-20-14-6-9-17(10-7-14)15(19)5-4-13-3-1-2-8-16-13/h1-3,8,14,18H,4-7,9-12H2. The number of likely N-dealkylation sites (tertiary alicyclic amines) is 1. The van der Waals surface area contributed by atoms with E-state index in [0.717, 1.165) is 31.6 Å². The van der Waals surface area contributed by atoms with E-state index >= 15 is 0 Å². The zero-order valence-corrected chi connectivity index (χ0v) is 11.7. The topological polar surface area (TPSA) is 62.7 Å². The number of hydrogen-bond acceptors (Lipinski definition) is 4. The lowest BCUT2D eigenvalue weighted by Gasteiger charge is -2.32. The number of ether oxygens (including phenoxy) is 1. The Balaban J connectivity index is 1.69. The lowest BCUT2D eigenvalue weighted by molar-refractivity contribution is -0.133. The van der Waals surface area contributed by atoms with Gasteiger partial charge in [-0.2, -0.15) is 0 Å². The second-order valence-corrected chi connectivity index (χ2v) is 5.00. The van der Waals surface area contributed by atoms with Crippen molar-refractivity contribution in [1.82, 2.24) is 9.88 Å². The predicted octanol–water partition coefficient (Wildman–Crippen LogP) is 1.01. The fraction of sp³-hybridized carbons (Fsp3) is 0.600. The van der Waals surface area contributed by atoms with Crippen molar-refractivity contribution in [3.8, 4) is 0 Å². The molecule has 1 amide bonds. The quantitative estimate of drug-likeness (QED) is 0.843. The Morgan fingerprint density at radius 1 is 1.40 bits per heavy atom. The maximum absolute atomic E-state index is 12.1. The van der Waals surface area contributed by atoms with Crippen LogP contribution in [0.1, 0.15) is 25.0 Å². The Hall–Kier alpha value is -1.46. The summed E-state index contributed by atoms with van der Waals surface area (Å²) >= 11 is 0. The average molecular weight is 278 g/mol. The highest BCUT2D eigenvalue weighted by atomic mass is 16.5. The van der Waals surface area contributed by atoms with Crippen LogP contribution < -0.4 is 0 Å². The fourth-order valence-corrected chi connectivity index (χ4v) is 2.43. The van der Waals surface area contributed by atoms with Crippen LogP contribution >= 0.6 is 0 Å². The zero-order valence-electron chi connectivity index (χ0n) is 11.7. The summed E-state index contributed by atoms with van der Waals surface area (Å²) in [5, 5.41) is 8.72. The van der Waals surface area contributed by atoms with Crippen LogP contribution in [0.3, 0.4) is 0 Å². The minimum atomic E-state index is 0.0588. The highest BCUT2D eigenvalue weighted by Crippen LogP contribution is 2.15. The number of carbonyl (C=O) groups is 1. The number of hydrogen-bond donors (Lipinski definition) is 1. The molecule has 0 aliphatic carbocycles. The first kappa shape index (κ1) is 14.9. The SMILES string of the molecule is O=C(CCc1ccccn1)N1CCC(OCCO)CC1. The molecule has 110 valence electrons. The molecule has 1 aromatic rings. The molecule has 1 saturated heterocycles. The molecule has 0 atom stereocenters. The van der Waals surface area contributed by atoms with Gasteiger partial charge < -0.3 is 14.7 Å². The van der Waals surface area contributed by atoms with Crippen molar-refractivity contribution in [3.05, 3.63) is 30.1 Å². The predicted molar refractivity (Wildman–Crippen MR) is 75.2 cm³/mol. The van der Waals surface area contributed by atoms with Gasteiger partial charge in [-0.25, -0.2) is 0 Å². The maximum Gasteiger partial charge on any atom is 0.222 e. The van der Waals surface area contributed by atoms with Crippen LogP contribution in [0.15, 0.2) is 24.4 Å². The molecule has 1 fully saturated rings. The molecule has 1 aromatic heterocycles. The molecule has 2 heterocycles. The van der Waals surface area contributed by atoms with Crippen LogP contribution in [0.25, 0.3) is 0 Å². The highest BCUT2D eigenvalue weighted by Gasteiger charge is 2.22. The number of amides is 1. The Bertz CT molecular complexity index is 403. The van der Waals surface area contributed by atoms with Crippen LogP contribution in [0, 0.1) is 0 Å². The third-order valence-electron chi connectivity index (χ3n) is 3.56. The van der Waals surface area contributed by atoms with E-state index in [0.29, 0.717) is 19.4 Å². The third-order valence-corrected chi connectivity index (χ3v) is 3.56. The van der Waals surface area contributed by atoms with Crippen molar-refractivity contribution in [1.29, 1.82) is 0 Å². The molecule has 0 aromatic carbocycles. The fourth-order valence-electron chi connectivity index (χ4n) is 2.43. The molecule has 0 bridgehead atoms. The molecule has 0 spiro atoms. The van der Waals surface area contributed by atoms with Crippen molar-refractivity contribution in [3.63, 3.8) is 0 Å². The summed E-state index contributed by atoms with van der Waals surface area (Å²) in [6.45, 7) is 1.94. The second kappa shape index (κ2) is 7.97. The van der Waals surface area contributed by atoms with Gasteiger partial charge in [0.25, 0.3) is 0 Å². The number of rotatable bonds is 6. The number of aliphatic hydroxyl groups is 1. The van der Waals surface area contributed by atoms with Gasteiger partial charge in [-0.05, 0) is 31.4 Å². The maximum atomic E-state index is 12.1. The lowest BCUT2D eigenvalue weighted by atomic mass is 10.1. The van der Waals surface area contributed by atoms with E-state index in [9.17, 15) is 4.79 Å². The molecule has 1 aliphatic rings. The third kappa shape index (κ3) is 4.58. The summed E-state index contributed by atoms with van der Waals surface area (Å²) in [4.78, 5) is 18.2. The van der Waals surface area contributed by atoms with E-state index < -0.39 is 0 Å². The summed E-state index contributed by atoms with van der Waals surface area (Å²) in [6.07, 6.45) is 4.86. The normalized spacial score (nSPS) is 16.4. The molecule has 1 aliphatic heterocycles. The summed E-state index contributed by atoms with van der Waals surface area (Å²) in [5.74, 6) is 0.191. The van der Waals surface area contributed by atoms with Gasteiger partial charge in [0.05, 0.1) is 19.3 Å². The van der Waals surface area contributed by atoms with Crippen molar-refractivity contribution in [2.45, 2.75) is 31.8 Å². The zero-order chi connectivity index (χ0) is 14.2. The van der Waals surface area contributed by atoms with Gasteiger partial charge in [-0.3, -0.25) is 9.78 Å². The molecule has 0 radical (unpaired) electrons. The van der Waals surface area contributed by atoms with Gasteiger partial charge >= 0.3 is 0 Å². The molecule has 0 unspecified atom stereocenters. The first-order valence-electron chi connectivity index (χ1n) is 7.19. The van der Waals surface area contributed by atoms with Gasteiger partial charge in [0.15, 0.2) is 0 Å². The molecule has 20 heavy (non-hydrogen) atoms. The molecule has 2 rings (SSSR count). The minimum absolute atomic E-state index is 0.0588. The van der Waals surface area contributed by atoms with Crippen molar-refractivity contribution < 1.29 is 14.6 Å². The van der Waals surface area contributed by atoms with Crippen molar-refractivity contribution in [2.24, 2.45) is 0 Å².